The highest BCUT2D eigenvalue weighted by atomic mass is 36.0. The third-order valence-electron chi connectivity index (χ3n) is 0. The lowest BCUT2D eigenvalue weighted by Crippen LogP contribution is -1.88. The summed E-state index contributed by atoms with van der Waals surface area (Å²) < 4.78 is 44.2. The topological polar surface area (TPSA) is 88.5 Å². The molecule has 0 atom stereocenters. The Morgan fingerprint density at radius 3 is 1.10 bits per heavy atom. The van der Waals surface area contributed by atoms with Gasteiger partial charge in [-0.1, -0.05) is 0 Å². The Hall–Kier alpha value is 0.440. The fourth-order valence-corrected chi connectivity index (χ4v) is 0. The maximum Gasteiger partial charge on any atom is 0.317 e. The molecule has 9 heteroatoms. The van der Waals surface area contributed by atoms with Gasteiger partial charge in [0, 0.05) is 21.4 Å². The van der Waals surface area contributed by atoms with Gasteiger partial charge in [-0.2, -0.15) is 16.8 Å². The van der Waals surface area contributed by atoms with Gasteiger partial charge in [0.1, 0.15) is 0 Å². The number of rotatable bonds is 0. The third-order valence-corrected chi connectivity index (χ3v) is 0. The quantitative estimate of drug-likeness (QED) is 0.475. The van der Waals surface area contributed by atoms with Crippen LogP contribution in [0.15, 0.2) is 0 Å². The summed E-state index contributed by atoms with van der Waals surface area (Å²) in [5.41, 5.74) is 0. The molecular weight excluding hydrogens is 227 g/mol. The lowest BCUT2D eigenvalue weighted by Gasteiger charge is -1.69. The Morgan fingerprint density at radius 2 is 1.10 bits per heavy atom. The molecule has 0 aromatic rings. The smallest absolute Gasteiger partial charge is 0.286 e. The molecule has 64 valence electrons. The van der Waals surface area contributed by atoms with Crippen LogP contribution in [0.3, 0.4) is 0 Å². The maximum absolute atomic E-state index is 9.19. The molecule has 0 bridgehead atoms. The van der Waals surface area contributed by atoms with Crippen LogP contribution in [0.2, 0.25) is 0 Å². The first-order chi connectivity index (χ1) is 4.00. The van der Waals surface area contributed by atoms with Crippen LogP contribution in [0.4, 0.5) is 0 Å². The first-order valence-corrected chi connectivity index (χ1v) is 6.55. The summed E-state index contributed by atoms with van der Waals surface area (Å²) >= 11 is 0. The zero-order chi connectivity index (χ0) is 9.00. The molecule has 0 aliphatic rings. The predicted molar refractivity (Wildman–Crippen MR) is 38.1 cm³/mol. The highest BCUT2D eigenvalue weighted by Crippen LogP contribution is 1.98. The van der Waals surface area contributed by atoms with Gasteiger partial charge in [-0.25, -0.2) is 0 Å². The molecule has 0 unspecified atom stereocenters. The average Bonchev–Trinajstić information content (AvgIpc) is 1.12. The molecule has 0 aliphatic heterocycles. The van der Waals surface area contributed by atoms with E-state index >= 15 is 0 Å². The summed E-state index contributed by atoms with van der Waals surface area (Å²) in [6, 6.07) is 0. The lowest BCUT2D eigenvalue weighted by atomic mass is 12.0. The lowest BCUT2D eigenvalue weighted by molar-refractivity contribution is 0.490. The van der Waals surface area contributed by atoms with E-state index in [1.54, 1.807) is 0 Å². The predicted octanol–water partition coefficient (Wildman–Crippen LogP) is 0.213. The van der Waals surface area contributed by atoms with Crippen LogP contribution in [0.5, 0.6) is 0 Å². The van der Waals surface area contributed by atoms with E-state index in [1.807, 2.05) is 0 Å². The molecule has 5 nitrogen and oxygen atoms in total. The van der Waals surface area contributed by atoms with Crippen LogP contribution in [-0.2, 0) is 18.4 Å². The zero-order valence-corrected chi connectivity index (χ0v) is 7.80. The molecule has 0 radical (unpaired) electrons. The van der Waals surface area contributed by atoms with E-state index < -0.39 is 18.4 Å². The molecule has 0 fully saturated rings. The third kappa shape index (κ3) is 2410. The van der Waals surface area contributed by atoms with Gasteiger partial charge in [-0.05, 0) is 0 Å². The van der Waals surface area contributed by atoms with Crippen LogP contribution >= 0.6 is 21.4 Å². The minimum absolute atomic E-state index is 0.715. The Bertz CT molecular complexity index is 214. The van der Waals surface area contributed by atoms with Crippen molar-refractivity contribution in [1.29, 1.82) is 0 Å². The molecule has 0 aliphatic carbocycles. The summed E-state index contributed by atoms with van der Waals surface area (Å²) in [6.07, 6.45) is 0.715. The first kappa shape index (κ1) is 13.1. The van der Waals surface area contributed by atoms with Gasteiger partial charge in [0.2, 0.25) is 0 Å². The largest absolute Gasteiger partial charge is 0.317 e. The van der Waals surface area contributed by atoms with Gasteiger partial charge >= 0.3 is 8.26 Å². The van der Waals surface area contributed by atoms with Crippen LogP contribution in [-0.4, -0.2) is 27.6 Å². The molecule has 0 spiro atoms. The Kier molecular flexibility index (Phi) is 5.68. The second-order valence-corrected chi connectivity index (χ2v) is 6.25. The van der Waals surface area contributed by atoms with Crippen molar-refractivity contribution in [2.45, 2.75) is 0 Å². The molecular formula is CH4Cl2O5S2. The maximum atomic E-state index is 9.19. The Morgan fingerprint density at radius 1 is 1.10 bits per heavy atom. The van der Waals surface area contributed by atoms with Crippen LogP contribution in [0.25, 0.3) is 0 Å². The molecule has 0 amide bonds. The van der Waals surface area contributed by atoms with E-state index in [2.05, 4.69) is 21.4 Å². The molecule has 0 saturated heterocycles. The highest BCUT2D eigenvalue weighted by molar-refractivity contribution is 8.31. The Balaban J connectivity index is 0. The number of halogens is 2. The minimum atomic E-state index is -3.72. The van der Waals surface area contributed by atoms with Crippen molar-refractivity contribution in [3.63, 3.8) is 0 Å². The van der Waals surface area contributed by atoms with E-state index in [0.717, 1.165) is 0 Å². The van der Waals surface area contributed by atoms with E-state index in [-0.39, 0.29) is 0 Å². The number of hydrogen-bond donors (Lipinski definition) is 1. The summed E-state index contributed by atoms with van der Waals surface area (Å²) in [4.78, 5) is 0. The van der Waals surface area contributed by atoms with E-state index in [0.29, 0.717) is 6.26 Å². The molecule has 0 rings (SSSR count). The van der Waals surface area contributed by atoms with E-state index in [9.17, 15) is 8.42 Å². The summed E-state index contributed by atoms with van der Waals surface area (Å²) in [6.45, 7) is 0. The van der Waals surface area contributed by atoms with Crippen molar-refractivity contribution in [2.75, 3.05) is 6.26 Å². The van der Waals surface area contributed by atoms with Crippen molar-refractivity contribution < 1.29 is 21.4 Å². The summed E-state index contributed by atoms with van der Waals surface area (Å²) in [5, 5.41) is 0. The van der Waals surface area contributed by atoms with Gasteiger partial charge in [-0.3, -0.25) is 4.55 Å². The molecule has 0 saturated carbocycles. The first-order valence-electron chi connectivity index (χ1n) is 1.57. The zero-order valence-electron chi connectivity index (χ0n) is 4.65. The average molecular weight is 231 g/mol. The molecule has 0 aromatic heterocycles. The van der Waals surface area contributed by atoms with Crippen molar-refractivity contribution in [3.8, 4) is 0 Å². The molecule has 1 N–H and O–H groups in total. The van der Waals surface area contributed by atoms with Gasteiger partial charge in [0.25, 0.3) is 10.1 Å². The standard InChI is InChI=1S/CH4O3S.Cl2O2S/c2*1-5(2,3)4/h1H3,(H,2,3,4);. The number of hydrogen-bond acceptors (Lipinski definition) is 4. The van der Waals surface area contributed by atoms with Crippen LogP contribution in [0, 0.1) is 0 Å². The fourth-order valence-electron chi connectivity index (χ4n) is 0. The monoisotopic (exact) mass is 230 g/mol. The van der Waals surface area contributed by atoms with Gasteiger partial charge in [0.15, 0.2) is 0 Å². The van der Waals surface area contributed by atoms with E-state index in [1.165, 1.54) is 0 Å². The normalized spacial score (nSPS) is 11.6. The van der Waals surface area contributed by atoms with Gasteiger partial charge in [0.05, 0.1) is 6.26 Å². The van der Waals surface area contributed by atoms with Crippen LogP contribution < -0.4 is 0 Å². The minimum Gasteiger partial charge on any atom is -0.286 e. The van der Waals surface area contributed by atoms with Crippen molar-refractivity contribution >= 4 is 39.7 Å². The summed E-state index contributed by atoms with van der Waals surface area (Å²) in [7, 11) is 1.15. The molecule has 0 heterocycles. The van der Waals surface area contributed by atoms with Crippen molar-refractivity contribution in [3.05, 3.63) is 0 Å². The molecule has 10 heavy (non-hydrogen) atoms. The Labute approximate surface area is 67.6 Å². The van der Waals surface area contributed by atoms with Crippen molar-refractivity contribution in [2.24, 2.45) is 0 Å². The summed E-state index contributed by atoms with van der Waals surface area (Å²) in [5.74, 6) is 0. The highest BCUT2D eigenvalue weighted by Gasteiger charge is 1.88. The second-order valence-electron chi connectivity index (χ2n) is 1.11. The fraction of sp³-hybridized carbons (Fsp3) is 1.00. The van der Waals surface area contributed by atoms with Crippen molar-refractivity contribution in [1.82, 2.24) is 0 Å². The van der Waals surface area contributed by atoms with Gasteiger partial charge < -0.3 is 0 Å². The molecule has 0 aromatic carbocycles. The SMILES string of the molecule is CS(=O)(=O)O.O=S(=O)(Cl)Cl. The van der Waals surface area contributed by atoms with Gasteiger partial charge in [-0.15, -0.1) is 0 Å². The van der Waals surface area contributed by atoms with E-state index in [4.69, 9.17) is 13.0 Å². The second kappa shape index (κ2) is 4.35. The van der Waals surface area contributed by atoms with Crippen LogP contribution in [0.1, 0.15) is 0 Å².